The number of hydrogen-bond donors (Lipinski definition) is 2. The molecule has 1 atom stereocenters. The van der Waals surface area contributed by atoms with Crippen molar-refractivity contribution in [2.24, 2.45) is 11.7 Å². The molecule has 0 saturated carbocycles. The number of aryl methyl sites for hydroxylation is 1. The predicted molar refractivity (Wildman–Crippen MR) is 61.9 cm³/mol. The second kappa shape index (κ2) is 6.27. The van der Waals surface area contributed by atoms with Gasteiger partial charge in [0, 0.05) is 12.5 Å². The molecular formula is C11H19N3O2. The lowest BCUT2D eigenvalue weighted by atomic mass is 10.0. The number of hydrogen-bond acceptors (Lipinski definition) is 4. The molecule has 1 amide bonds. The van der Waals surface area contributed by atoms with Gasteiger partial charge in [0.25, 0.3) is 0 Å². The van der Waals surface area contributed by atoms with E-state index in [0.29, 0.717) is 24.8 Å². The molecule has 16 heavy (non-hydrogen) atoms. The highest BCUT2D eigenvalue weighted by Crippen LogP contribution is 2.12. The van der Waals surface area contributed by atoms with E-state index in [1.165, 1.54) is 0 Å². The zero-order chi connectivity index (χ0) is 12.0. The molecule has 3 N–H and O–H groups in total. The molecule has 0 aliphatic heterocycles. The van der Waals surface area contributed by atoms with Crippen molar-refractivity contribution in [3.05, 3.63) is 11.8 Å². The van der Waals surface area contributed by atoms with E-state index < -0.39 is 0 Å². The summed E-state index contributed by atoms with van der Waals surface area (Å²) in [5, 5.41) is 6.35. The summed E-state index contributed by atoms with van der Waals surface area (Å²) in [5.74, 6) is 0.848. The molecule has 5 heteroatoms. The average molecular weight is 225 g/mol. The van der Waals surface area contributed by atoms with Crippen LogP contribution in [0.25, 0.3) is 0 Å². The van der Waals surface area contributed by atoms with Crippen molar-refractivity contribution in [3.8, 4) is 0 Å². The zero-order valence-electron chi connectivity index (χ0n) is 9.82. The van der Waals surface area contributed by atoms with Gasteiger partial charge in [0.1, 0.15) is 0 Å². The lowest BCUT2D eigenvalue weighted by Crippen LogP contribution is -2.13. The number of carbonyl (C=O) groups is 1. The first-order valence-corrected chi connectivity index (χ1v) is 5.55. The molecule has 0 saturated heterocycles. The number of nitrogens with two attached hydrogens (primary N) is 1. The van der Waals surface area contributed by atoms with Crippen molar-refractivity contribution in [3.63, 3.8) is 0 Å². The summed E-state index contributed by atoms with van der Waals surface area (Å²) in [4.78, 5) is 11.5. The molecule has 1 rings (SSSR count). The summed E-state index contributed by atoms with van der Waals surface area (Å²) < 4.78 is 4.89. The first-order chi connectivity index (χ1) is 7.61. The van der Waals surface area contributed by atoms with E-state index in [1.54, 1.807) is 6.07 Å². The van der Waals surface area contributed by atoms with Gasteiger partial charge in [0.15, 0.2) is 0 Å². The first kappa shape index (κ1) is 12.7. The summed E-state index contributed by atoms with van der Waals surface area (Å²) in [5.41, 5.74) is 6.19. The molecule has 0 bridgehead atoms. The minimum absolute atomic E-state index is 0.0416. The molecule has 0 aliphatic rings. The van der Waals surface area contributed by atoms with Crippen LogP contribution in [0.3, 0.4) is 0 Å². The lowest BCUT2D eigenvalue weighted by Gasteiger charge is -2.08. The predicted octanol–water partition coefficient (Wildman–Crippen LogP) is 1.69. The molecule has 1 unspecified atom stereocenters. The summed E-state index contributed by atoms with van der Waals surface area (Å²) >= 11 is 0. The Hall–Kier alpha value is -1.36. The second-order valence-corrected chi connectivity index (χ2v) is 4.10. The Morgan fingerprint density at radius 1 is 1.62 bits per heavy atom. The summed E-state index contributed by atoms with van der Waals surface area (Å²) in [6, 6.07) is 1.70. The summed E-state index contributed by atoms with van der Waals surface area (Å²) in [6.07, 6.45) is 2.28. The molecule has 0 radical (unpaired) electrons. The SMILES string of the molecule is Cc1cc(NC(=O)CCC(C)CCN)on1. The third-order valence-corrected chi connectivity index (χ3v) is 2.41. The van der Waals surface area contributed by atoms with E-state index in [0.717, 1.165) is 18.5 Å². The van der Waals surface area contributed by atoms with Gasteiger partial charge in [-0.05, 0) is 32.2 Å². The van der Waals surface area contributed by atoms with Gasteiger partial charge in [-0.2, -0.15) is 0 Å². The van der Waals surface area contributed by atoms with E-state index in [2.05, 4.69) is 17.4 Å². The van der Waals surface area contributed by atoms with Gasteiger partial charge in [-0.3, -0.25) is 10.1 Å². The van der Waals surface area contributed by atoms with Crippen molar-refractivity contribution >= 4 is 11.8 Å². The number of nitrogens with one attached hydrogen (secondary N) is 1. The molecule has 1 aromatic heterocycles. The highest BCUT2D eigenvalue weighted by atomic mass is 16.5. The van der Waals surface area contributed by atoms with Crippen LogP contribution < -0.4 is 11.1 Å². The van der Waals surface area contributed by atoms with Gasteiger partial charge < -0.3 is 10.3 Å². The number of anilines is 1. The second-order valence-electron chi connectivity index (χ2n) is 4.10. The average Bonchev–Trinajstić information content (AvgIpc) is 2.61. The quantitative estimate of drug-likeness (QED) is 0.771. The Labute approximate surface area is 95.4 Å². The van der Waals surface area contributed by atoms with E-state index in [9.17, 15) is 4.79 Å². The fraction of sp³-hybridized carbons (Fsp3) is 0.636. The molecule has 1 heterocycles. The van der Waals surface area contributed by atoms with Gasteiger partial charge in [-0.15, -0.1) is 0 Å². The number of rotatable bonds is 6. The van der Waals surface area contributed by atoms with Gasteiger partial charge in [-0.1, -0.05) is 12.1 Å². The van der Waals surface area contributed by atoms with Crippen LogP contribution >= 0.6 is 0 Å². The minimum atomic E-state index is -0.0416. The molecule has 0 fully saturated rings. The number of carbonyl (C=O) groups excluding carboxylic acids is 1. The van der Waals surface area contributed by atoms with Crippen LogP contribution in [0.4, 0.5) is 5.88 Å². The van der Waals surface area contributed by atoms with E-state index in [-0.39, 0.29) is 5.91 Å². The highest BCUT2D eigenvalue weighted by molar-refractivity contribution is 5.89. The van der Waals surface area contributed by atoms with Crippen LogP contribution in [-0.2, 0) is 4.79 Å². The normalized spacial score (nSPS) is 12.4. The summed E-state index contributed by atoms with van der Waals surface area (Å²) in [7, 11) is 0. The van der Waals surface area contributed by atoms with E-state index in [4.69, 9.17) is 10.3 Å². The fourth-order valence-corrected chi connectivity index (χ4v) is 1.43. The van der Waals surface area contributed by atoms with E-state index >= 15 is 0 Å². The third kappa shape index (κ3) is 4.44. The Bertz CT molecular complexity index is 336. The minimum Gasteiger partial charge on any atom is -0.338 e. The summed E-state index contributed by atoms with van der Waals surface area (Å²) in [6.45, 7) is 4.57. The molecule has 1 aromatic rings. The van der Waals surface area contributed by atoms with Crippen LogP contribution in [-0.4, -0.2) is 17.6 Å². The number of nitrogens with zero attached hydrogens (tertiary/aromatic N) is 1. The molecule has 0 aliphatic carbocycles. The standard InChI is InChI=1S/C11H19N3O2/c1-8(5-6-12)3-4-10(15)13-11-7-9(2)14-16-11/h7-8H,3-6,12H2,1-2H3,(H,13,15). The third-order valence-electron chi connectivity index (χ3n) is 2.41. The topological polar surface area (TPSA) is 81.2 Å². The van der Waals surface area contributed by atoms with Crippen LogP contribution in [0.1, 0.15) is 31.9 Å². The Balaban J connectivity index is 2.26. The Morgan fingerprint density at radius 3 is 2.94 bits per heavy atom. The largest absolute Gasteiger partial charge is 0.338 e. The molecule has 0 spiro atoms. The van der Waals surface area contributed by atoms with Gasteiger partial charge >= 0.3 is 0 Å². The lowest BCUT2D eigenvalue weighted by molar-refractivity contribution is -0.116. The van der Waals surface area contributed by atoms with Crippen LogP contribution in [0, 0.1) is 12.8 Å². The van der Waals surface area contributed by atoms with Crippen LogP contribution in [0.15, 0.2) is 10.6 Å². The number of amides is 1. The van der Waals surface area contributed by atoms with Crippen molar-refractivity contribution in [1.82, 2.24) is 5.16 Å². The van der Waals surface area contributed by atoms with E-state index in [1.807, 2.05) is 6.92 Å². The molecule has 90 valence electrons. The van der Waals surface area contributed by atoms with Crippen molar-refractivity contribution in [2.45, 2.75) is 33.1 Å². The molecule has 5 nitrogen and oxygen atoms in total. The maximum Gasteiger partial charge on any atom is 0.231 e. The highest BCUT2D eigenvalue weighted by Gasteiger charge is 2.08. The monoisotopic (exact) mass is 225 g/mol. The Morgan fingerprint density at radius 2 is 2.38 bits per heavy atom. The molecule has 0 aromatic carbocycles. The van der Waals surface area contributed by atoms with Gasteiger partial charge in [0.2, 0.25) is 11.8 Å². The van der Waals surface area contributed by atoms with Crippen molar-refractivity contribution in [2.75, 3.05) is 11.9 Å². The zero-order valence-corrected chi connectivity index (χ0v) is 9.82. The van der Waals surface area contributed by atoms with Crippen molar-refractivity contribution in [1.29, 1.82) is 0 Å². The van der Waals surface area contributed by atoms with Crippen molar-refractivity contribution < 1.29 is 9.32 Å². The Kier molecular flexibility index (Phi) is 4.98. The maximum atomic E-state index is 11.5. The molecular weight excluding hydrogens is 206 g/mol. The van der Waals surface area contributed by atoms with Gasteiger partial charge in [-0.25, -0.2) is 0 Å². The smallest absolute Gasteiger partial charge is 0.231 e. The van der Waals surface area contributed by atoms with Crippen LogP contribution in [0.5, 0.6) is 0 Å². The van der Waals surface area contributed by atoms with Gasteiger partial charge in [0.05, 0.1) is 5.69 Å². The first-order valence-electron chi connectivity index (χ1n) is 5.55. The van der Waals surface area contributed by atoms with Crippen LogP contribution in [0.2, 0.25) is 0 Å². The number of aromatic nitrogens is 1. The fourth-order valence-electron chi connectivity index (χ4n) is 1.43. The maximum absolute atomic E-state index is 11.5.